The van der Waals surface area contributed by atoms with E-state index in [9.17, 15) is 26.9 Å². The minimum atomic E-state index is -4.67. The first-order valence-electron chi connectivity index (χ1n) is 7.19. The third-order valence-corrected chi connectivity index (χ3v) is 5.87. The maximum Gasteiger partial charge on any atom is 0.417 e. The number of nitrogens with zero attached hydrogens (tertiary/aromatic N) is 2. The summed E-state index contributed by atoms with van der Waals surface area (Å²) in [6, 6.07) is 9.23. The van der Waals surface area contributed by atoms with E-state index in [2.05, 4.69) is 0 Å². The molecule has 26 heavy (non-hydrogen) atoms. The number of fused-ring (bicyclic) bond motifs is 1. The van der Waals surface area contributed by atoms with E-state index < -0.39 is 31.5 Å². The molecule has 0 amide bonds. The fraction of sp³-hybridized carbons (Fsp3) is 0.118. The Morgan fingerprint density at radius 1 is 1.15 bits per heavy atom. The molecule has 0 radical (unpaired) electrons. The first-order valence-corrected chi connectivity index (χ1v) is 9.05. The molecule has 0 N–H and O–H groups in total. The molecular weight excluding hydrogens is 389 g/mol. The molecule has 0 spiro atoms. The molecule has 4 nitrogen and oxygen atoms in total. The molecule has 3 rings (SSSR count). The van der Waals surface area contributed by atoms with Gasteiger partial charge in [-0.05, 0) is 42.8 Å². The zero-order valence-electron chi connectivity index (χ0n) is 13.2. The van der Waals surface area contributed by atoms with Crippen LogP contribution in [0.4, 0.5) is 24.5 Å². The van der Waals surface area contributed by atoms with E-state index in [-0.39, 0.29) is 16.3 Å². The second kappa shape index (κ2) is 6.04. The van der Waals surface area contributed by atoms with Crippen LogP contribution in [0.25, 0.3) is 0 Å². The van der Waals surface area contributed by atoms with Crippen LogP contribution in [0.5, 0.6) is 0 Å². The Morgan fingerprint density at radius 2 is 1.85 bits per heavy atom. The molecule has 1 aliphatic rings. The highest BCUT2D eigenvalue weighted by atomic mass is 35.5. The predicted octanol–water partition coefficient (Wildman–Crippen LogP) is 4.96. The predicted molar refractivity (Wildman–Crippen MR) is 90.7 cm³/mol. The molecule has 1 aliphatic heterocycles. The number of rotatable bonds is 1. The topological polar surface area (TPSA) is 61.2 Å². The largest absolute Gasteiger partial charge is 0.417 e. The zero-order chi connectivity index (χ0) is 19.3. The second-order valence-corrected chi connectivity index (χ2v) is 7.91. The molecule has 0 aliphatic carbocycles. The van der Waals surface area contributed by atoms with Crippen LogP contribution in [0.15, 0.2) is 52.4 Å². The number of sulfone groups is 1. The maximum absolute atomic E-state index is 13.2. The minimum Gasteiger partial charge on any atom is -0.314 e. The van der Waals surface area contributed by atoms with Gasteiger partial charge in [-0.1, -0.05) is 17.7 Å². The summed E-state index contributed by atoms with van der Waals surface area (Å²) in [7, 11) is -4.03. The van der Waals surface area contributed by atoms with Crippen molar-refractivity contribution >= 4 is 32.8 Å². The molecule has 134 valence electrons. The smallest absolute Gasteiger partial charge is 0.314 e. The highest BCUT2D eigenvalue weighted by molar-refractivity contribution is 7.95. The molecule has 9 heteroatoms. The third-order valence-electron chi connectivity index (χ3n) is 3.84. The van der Waals surface area contributed by atoms with Crippen LogP contribution < -0.4 is 4.90 Å². The van der Waals surface area contributed by atoms with Crippen LogP contribution in [-0.4, -0.2) is 8.42 Å². The number of halogens is 4. The molecule has 0 atom stereocenters. The van der Waals surface area contributed by atoms with Crippen molar-refractivity contribution in [1.82, 2.24) is 0 Å². The average Bonchev–Trinajstić information content (AvgIpc) is 2.54. The molecule has 0 saturated carbocycles. The Labute approximate surface area is 152 Å². The lowest BCUT2D eigenvalue weighted by molar-refractivity contribution is -0.137. The van der Waals surface area contributed by atoms with Crippen molar-refractivity contribution in [3.8, 4) is 6.07 Å². The SMILES string of the molecule is Cc1ccc2c(c1)N(c1ccc(Cl)c(C(F)(F)F)c1)C=C(C#N)S2(=O)=O. The van der Waals surface area contributed by atoms with Crippen molar-refractivity contribution in [3.05, 3.63) is 63.7 Å². The van der Waals surface area contributed by atoms with E-state index >= 15 is 0 Å². The Hall–Kier alpha value is -2.50. The highest BCUT2D eigenvalue weighted by Crippen LogP contribution is 2.43. The molecule has 0 bridgehead atoms. The van der Waals surface area contributed by atoms with Gasteiger partial charge in [-0.2, -0.15) is 18.4 Å². The number of hydrogen-bond acceptors (Lipinski definition) is 4. The molecule has 0 aromatic heterocycles. The van der Waals surface area contributed by atoms with Crippen LogP contribution in [0, 0.1) is 18.3 Å². The second-order valence-electron chi connectivity index (χ2n) is 5.61. The van der Waals surface area contributed by atoms with Crippen LogP contribution in [0.1, 0.15) is 11.1 Å². The van der Waals surface area contributed by atoms with Gasteiger partial charge in [0.15, 0.2) is 4.91 Å². The van der Waals surface area contributed by atoms with E-state index in [1.807, 2.05) is 0 Å². The fourth-order valence-corrected chi connectivity index (χ4v) is 4.11. The van der Waals surface area contributed by atoms with Crippen molar-refractivity contribution < 1.29 is 21.6 Å². The Balaban J connectivity index is 2.29. The summed E-state index contributed by atoms with van der Waals surface area (Å²) in [4.78, 5) is 0.538. The maximum atomic E-state index is 13.2. The van der Waals surface area contributed by atoms with Gasteiger partial charge in [-0.3, -0.25) is 0 Å². The van der Waals surface area contributed by atoms with Gasteiger partial charge in [-0.25, -0.2) is 8.42 Å². The quantitative estimate of drug-likeness (QED) is 0.681. The van der Waals surface area contributed by atoms with Crippen molar-refractivity contribution in [2.24, 2.45) is 0 Å². The normalized spacial score (nSPS) is 15.8. The number of anilines is 2. The minimum absolute atomic E-state index is 0.0382. The lowest BCUT2D eigenvalue weighted by Gasteiger charge is -2.28. The lowest BCUT2D eigenvalue weighted by Crippen LogP contribution is -2.22. The first kappa shape index (κ1) is 18.3. The summed E-state index contributed by atoms with van der Waals surface area (Å²) >= 11 is 5.64. The van der Waals surface area contributed by atoms with Gasteiger partial charge in [0.1, 0.15) is 6.07 Å². The summed E-state index contributed by atoms with van der Waals surface area (Å²) in [5.41, 5.74) is -0.135. The van der Waals surface area contributed by atoms with Gasteiger partial charge < -0.3 is 4.90 Å². The van der Waals surface area contributed by atoms with E-state index in [0.717, 1.165) is 18.3 Å². The van der Waals surface area contributed by atoms with Crippen molar-refractivity contribution in [3.63, 3.8) is 0 Å². The summed E-state index contributed by atoms with van der Waals surface area (Å²) < 4.78 is 64.4. The van der Waals surface area contributed by atoms with Gasteiger partial charge in [0.25, 0.3) is 0 Å². The standard InChI is InChI=1S/C17H10ClF3N2O2S/c1-10-2-5-16-15(6-10)23(9-12(8-22)26(16,24)25)11-3-4-14(18)13(7-11)17(19,20)21/h2-7,9H,1H3. The summed E-state index contributed by atoms with van der Waals surface area (Å²) in [5, 5.41) is 8.70. The van der Waals surface area contributed by atoms with Gasteiger partial charge in [0, 0.05) is 11.9 Å². The molecule has 2 aromatic carbocycles. The molecule has 1 heterocycles. The van der Waals surface area contributed by atoms with E-state index in [0.29, 0.717) is 5.56 Å². The van der Waals surface area contributed by atoms with Crippen LogP contribution >= 0.6 is 11.6 Å². The Kier molecular flexibility index (Phi) is 4.25. The summed E-state index contributed by atoms with van der Waals surface area (Å²) in [6.45, 7) is 1.72. The van der Waals surface area contributed by atoms with E-state index in [4.69, 9.17) is 11.6 Å². The molecule has 2 aromatic rings. The number of benzene rings is 2. The third kappa shape index (κ3) is 2.93. The Bertz CT molecular complexity index is 1090. The van der Waals surface area contributed by atoms with Crippen molar-refractivity contribution in [1.29, 1.82) is 5.26 Å². The molecule has 0 unspecified atom stereocenters. The molecule has 0 saturated heterocycles. The monoisotopic (exact) mass is 398 g/mol. The lowest BCUT2D eigenvalue weighted by atomic mass is 10.1. The van der Waals surface area contributed by atoms with E-state index in [1.54, 1.807) is 19.1 Å². The van der Waals surface area contributed by atoms with Crippen molar-refractivity contribution in [2.75, 3.05) is 4.90 Å². The number of aryl methyl sites for hydroxylation is 1. The summed E-state index contributed by atoms with van der Waals surface area (Å²) in [5.74, 6) is 0. The van der Waals surface area contributed by atoms with Gasteiger partial charge in [0.05, 0.1) is 21.2 Å². The average molecular weight is 399 g/mol. The number of alkyl halides is 3. The van der Waals surface area contributed by atoms with Crippen LogP contribution in [0.2, 0.25) is 5.02 Å². The van der Waals surface area contributed by atoms with Crippen LogP contribution in [0.3, 0.4) is 0 Å². The molecular formula is C17H10ClF3N2O2S. The number of hydrogen-bond donors (Lipinski definition) is 0. The zero-order valence-corrected chi connectivity index (χ0v) is 14.7. The summed E-state index contributed by atoms with van der Waals surface area (Å²) in [6.07, 6.45) is -3.66. The van der Waals surface area contributed by atoms with Gasteiger partial charge in [0.2, 0.25) is 9.84 Å². The Morgan fingerprint density at radius 3 is 2.46 bits per heavy atom. The first-order chi connectivity index (χ1) is 12.1. The number of nitriles is 1. The van der Waals surface area contributed by atoms with Crippen LogP contribution in [-0.2, 0) is 16.0 Å². The number of allylic oxidation sites excluding steroid dienone is 1. The molecule has 0 fully saturated rings. The van der Waals surface area contributed by atoms with E-state index in [1.165, 1.54) is 23.1 Å². The highest BCUT2D eigenvalue weighted by Gasteiger charge is 2.36. The van der Waals surface area contributed by atoms with Gasteiger partial charge in [-0.15, -0.1) is 0 Å². The van der Waals surface area contributed by atoms with Crippen molar-refractivity contribution in [2.45, 2.75) is 18.0 Å². The van der Waals surface area contributed by atoms with Gasteiger partial charge >= 0.3 is 6.18 Å². The fourth-order valence-electron chi connectivity index (χ4n) is 2.60.